The van der Waals surface area contributed by atoms with Gasteiger partial charge in [-0.05, 0) is 55.0 Å². The van der Waals surface area contributed by atoms with Crippen molar-refractivity contribution in [1.82, 2.24) is 14.8 Å². The second-order valence-corrected chi connectivity index (χ2v) is 8.88. The van der Waals surface area contributed by atoms with Gasteiger partial charge in [0.1, 0.15) is 5.82 Å². The Morgan fingerprint density at radius 2 is 1.76 bits per heavy atom. The molecule has 1 aliphatic heterocycles. The number of halogens is 2. The second-order valence-electron chi connectivity index (χ2n) is 8.48. The van der Waals surface area contributed by atoms with Crippen LogP contribution in [0.3, 0.4) is 0 Å². The van der Waals surface area contributed by atoms with Crippen molar-refractivity contribution in [3.05, 3.63) is 70.1 Å². The molecule has 0 radical (unpaired) electrons. The molecule has 0 saturated carbocycles. The molecule has 2 amide bonds. The minimum atomic E-state index is -0.714. The molecule has 3 aromatic rings. The predicted molar refractivity (Wildman–Crippen MR) is 125 cm³/mol. The van der Waals surface area contributed by atoms with Gasteiger partial charge >= 0.3 is 0 Å². The fourth-order valence-electron chi connectivity index (χ4n) is 4.45. The van der Waals surface area contributed by atoms with Gasteiger partial charge in [0.15, 0.2) is 0 Å². The molecule has 6 nitrogen and oxygen atoms in total. The highest BCUT2D eigenvalue weighted by Gasteiger charge is 2.27. The van der Waals surface area contributed by atoms with E-state index in [0.29, 0.717) is 40.5 Å². The number of likely N-dealkylation sites (N-methyl/N-ethyl adjacent to an activating group) is 1. The van der Waals surface area contributed by atoms with Crippen molar-refractivity contribution in [2.24, 2.45) is 13.0 Å². The molecule has 33 heavy (non-hydrogen) atoms. The van der Waals surface area contributed by atoms with E-state index >= 15 is 0 Å². The Bertz CT molecular complexity index is 1230. The summed E-state index contributed by atoms with van der Waals surface area (Å²) < 4.78 is 14.8. The number of piperidine rings is 1. The number of Topliss-reactive ketones (excluding diaryl/α,β-unsaturated/α-hetero) is 1. The lowest BCUT2D eigenvalue weighted by Crippen LogP contribution is -2.39. The highest BCUT2D eigenvalue weighted by molar-refractivity contribution is 6.45. The summed E-state index contributed by atoms with van der Waals surface area (Å²) in [5, 5.41) is 3.17. The van der Waals surface area contributed by atoms with Crippen LogP contribution in [-0.2, 0) is 18.3 Å². The molecule has 4 rings (SSSR count). The number of ketones is 1. The molecule has 172 valence electrons. The van der Waals surface area contributed by atoms with E-state index in [0.717, 1.165) is 24.8 Å². The summed E-state index contributed by atoms with van der Waals surface area (Å²) in [5.74, 6) is -1.39. The van der Waals surface area contributed by atoms with Crippen molar-refractivity contribution in [3.63, 3.8) is 0 Å². The van der Waals surface area contributed by atoms with E-state index < -0.39 is 11.7 Å². The number of amides is 2. The molecule has 0 spiro atoms. The first-order valence-electron chi connectivity index (χ1n) is 10.9. The summed E-state index contributed by atoms with van der Waals surface area (Å²) in [6.45, 7) is 1.19. The molecule has 1 N–H and O–H groups in total. The molecule has 0 unspecified atom stereocenters. The monoisotopic (exact) mass is 469 g/mol. The zero-order valence-corrected chi connectivity index (χ0v) is 19.3. The topological polar surface area (TPSA) is 71.4 Å². The zero-order chi connectivity index (χ0) is 23.7. The maximum Gasteiger partial charge on any atom is 0.292 e. The number of carbonyl (C=O) groups is 3. The van der Waals surface area contributed by atoms with E-state index in [2.05, 4.69) is 5.32 Å². The van der Waals surface area contributed by atoms with Crippen molar-refractivity contribution in [2.75, 3.05) is 20.1 Å². The third-order valence-electron chi connectivity index (χ3n) is 6.33. The van der Waals surface area contributed by atoms with Crippen LogP contribution in [0.2, 0.25) is 5.02 Å². The Hall–Kier alpha value is -3.19. The summed E-state index contributed by atoms with van der Waals surface area (Å²) in [4.78, 5) is 39.4. The van der Waals surface area contributed by atoms with Gasteiger partial charge in [-0.1, -0.05) is 23.7 Å². The molecule has 1 saturated heterocycles. The number of rotatable bonds is 5. The summed E-state index contributed by atoms with van der Waals surface area (Å²) in [6, 6.07) is 9.82. The third kappa shape index (κ3) is 4.64. The summed E-state index contributed by atoms with van der Waals surface area (Å²) in [7, 11) is 3.16. The molecule has 2 heterocycles. The number of hydrogen-bond acceptors (Lipinski definition) is 3. The predicted octanol–water partition coefficient (Wildman–Crippen LogP) is 3.99. The Labute approximate surface area is 196 Å². The molecule has 0 bridgehead atoms. The fourth-order valence-corrected chi connectivity index (χ4v) is 4.69. The Balaban J connectivity index is 1.52. The van der Waals surface area contributed by atoms with Crippen LogP contribution in [0.4, 0.5) is 4.39 Å². The third-order valence-corrected chi connectivity index (χ3v) is 6.64. The van der Waals surface area contributed by atoms with Gasteiger partial charge in [0.05, 0.1) is 21.7 Å². The number of aryl methyl sites for hydroxylation is 1. The number of carbonyl (C=O) groups excluding carboxylic acids is 3. The normalized spacial score (nSPS) is 14.5. The molecule has 0 atom stereocenters. The molecule has 1 fully saturated rings. The van der Waals surface area contributed by atoms with Gasteiger partial charge < -0.3 is 14.8 Å². The highest BCUT2D eigenvalue weighted by Crippen LogP contribution is 2.30. The molecular formula is C25H25ClFN3O3. The summed E-state index contributed by atoms with van der Waals surface area (Å²) in [5.41, 5.74) is 2.31. The number of nitrogens with one attached hydrogen (secondary N) is 1. The van der Waals surface area contributed by atoms with E-state index in [1.807, 2.05) is 0 Å². The van der Waals surface area contributed by atoms with Crippen molar-refractivity contribution < 1.29 is 18.8 Å². The largest absolute Gasteiger partial charge is 0.352 e. The minimum absolute atomic E-state index is 0.190. The van der Waals surface area contributed by atoms with E-state index in [1.165, 1.54) is 19.2 Å². The van der Waals surface area contributed by atoms with Crippen LogP contribution in [-0.4, -0.2) is 47.2 Å². The number of hydrogen-bond donors (Lipinski definition) is 1. The number of aromatic nitrogens is 1. The Kier molecular flexibility index (Phi) is 6.51. The first kappa shape index (κ1) is 23.0. The Morgan fingerprint density at radius 3 is 2.39 bits per heavy atom. The standard InChI is InChI=1S/C25H25ClFN3O3/c1-28-24(32)23(31)20-14-29(2)22-13-21(26)19(12-18(20)22)25(33)30-9-7-16(8-10-30)11-15-3-5-17(27)6-4-15/h3-6,12-14,16H,7-11H2,1-2H3,(H,28,32). The van der Waals surface area contributed by atoms with Gasteiger partial charge in [0, 0.05) is 38.8 Å². The van der Waals surface area contributed by atoms with Crippen LogP contribution in [0.15, 0.2) is 42.6 Å². The van der Waals surface area contributed by atoms with Crippen LogP contribution >= 0.6 is 11.6 Å². The average Bonchev–Trinajstić information content (AvgIpc) is 3.14. The van der Waals surface area contributed by atoms with Crippen LogP contribution < -0.4 is 5.32 Å². The molecule has 8 heteroatoms. The average molecular weight is 470 g/mol. The van der Waals surface area contributed by atoms with Crippen molar-refractivity contribution in [1.29, 1.82) is 0 Å². The van der Waals surface area contributed by atoms with Crippen LogP contribution in [0.5, 0.6) is 0 Å². The van der Waals surface area contributed by atoms with E-state index in [1.54, 1.807) is 47.0 Å². The van der Waals surface area contributed by atoms with Crippen molar-refractivity contribution >= 4 is 40.1 Å². The first-order valence-corrected chi connectivity index (χ1v) is 11.2. The summed E-state index contributed by atoms with van der Waals surface area (Å²) >= 11 is 6.46. The smallest absolute Gasteiger partial charge is 0.292 e. The van der Waals surface area contributed by atoms with E-state index in [-0.39, 0.29) is 17.3 Å². The van der Waals surface area contributed by atoms with Gasteiger partial charge in [-0.2, -0.15) is 0 Å². The molecule has 1 aliphatic rings. The van der Waals surface area contributed by atoms with E-state index in [4.69, 9.17) is 11.6 Å². The number of likely N-dealkylation sites (tertiary alicyclic amines) is 1. The van der Waals surface area contributed by atoms with Crippen LogP contribution in [0.1, 0.15) is 39.1 Å². The lowest BCUT2D eigenvalue weighted by Gasteiger charge is -2.32. The molecule has 1 aromatic heterocycles. The molecule has 2 aromatic carbocycles. The fraction of sp³-hybridized carbons (Fsp3) is 0.320. The van der Waals surface area contributed by atoms with Crippen molar-refractivity contribution in [2.45, 2.75) is 19.3 Å². The number of fused-ring (bicyclic) bond motifs is 1. The lowest BCUT2D eigenvalue weighted by atomic mass is 9.90. The molecular weight excluding hydrogens is 445 g/mol. The van der Waals surface area contributed by atoms with Crippen LogP contribution in [0.25, 0.3) is 10.9 Å². The maximum atomic E-state index is 13.3. The minimum Gasteiger partial charge on any atom is -0.352 e. The number of benzene rings is 2. The van der Waals surface area contributed by atoms with Gasteiger partial charge in [-0.25, -0.2) is 4.39 Å². The Morgan fingerprint density at radius 1 is 1.09 bits per heavy atom. The van der Waals surface area contributed by atoms with Gasteiger partial charge in [0.25, 0.3) is 17.6 Å². The van der Waals surface area contributed by atoms with Gasteiger partial charge in [-0.3, -0.25) is 14.4 Å². The molecule has 0 aliphatic carbocycles. The summed E-state index contributed by atoms with van der Waals surface area (Å²) in [6.07, 6.45) is 4.11. The SMILES string of the molecule is CNC(=O)C(=O)c1cn(C)c2cc(Cl)c(C(=O)N3CCC(Cc4ccc(F)cc4)CC3)cc12. The lowest BCUT2D eigenvalue weighted by molar-refractivity contribution is -0.116. The second kappa shape index (κ2) is 9.35. The van der Waals surface area contributed by atoms with Gasteiger partial charge in [0.2, 0.25) is 0 Å². The van der Waals surface area contributed by atoms with E-state index in [9.17, 15) is 18.8 Å². The zero-order valence-electron chi connectivity index (χ0n) is 18.5. The van der Waals surface area contributed by atoms with Crippen LogP contribution in [0, 0.1) is 11.7 Å². The van der Waals surface area contributed by atoms with Gasteiger partial charge in [-0.15, -0.1) is 0 Å². The highest BCUT2D eigenvalue weighted by atomic mass is 35.5. The quantitative estimate of drug-likeness (QED) is 0.453. The maximum absolute atomic E-state index is 13.3. The number of nitrogens with zero attached hydrogens (tertiary/aromatic N) is 2. The first-order chi connectivity index (χ1) is 15.8. The van der Waals surface area contributed by atoms with Crippen molar-refractivity contribution in [3.8, 4) is 0 Å².